The average Bonchev–Trinajstić information content (AvgIpc) is 2.91. The predicted octanol–water partition coefficient (Wildman–Crippen LogP) is 4.11. The molecule has 27 heavy (non-hydrogen) atoms. The molecule has 4 rings (SSSR count). The van der Waals surface area contributed by atoms with E-state index >= 15 is 0 Å². The zero-order valence-electron chi connectivity index (χ0n) is 14.4. The molecule has 0 atom stereocenters. The molecular formula is C18H19BrClN3O2S2. The molecule has 1 aliphatic heterocycles. The lowest BCUT2D eigenvalue weighted by Gasteiger charge is -2.21. The van der Waals surface area contributed by atoms with Crippen LogP contribution in [0, 0.1) is 0 Å². The summed E-state index contributed by atoms with van der Waals surface area (Å²) in [5.41, 5.74) is 0. The highest BCUT2D eigenvalue weighted by Gasteiger charge is 2.23. The van der Waals surface area contributed by atoms with E-state index in [1.807, 2.05) is 6.07 Å². The van der Waals surface area contributed by atoms with Gasteiger partial charge in [0.1, 0.15) is 10.0 Å². The largest absolute Gasteiger partial charge is 0.355 e. The minimum absolute atomic E-state index is 0. The molecule has 0 aliphatic carbocycles. The summed E-state index contributed by atoms with van der Waals surface area (Å²) in [4.78, 5) is 7.10. The summed E-state index contributed by atoms with van der Waals surface area (Å²) in [5.74, 6) is 0.875. The van der Waals surface area contributed by atoms with Crippen molar-refractivity contribution in [1.29, 1.82) is 0 Å². The van der Waals surface area contributed by atoms with Crippen molar-refractivity contribution >= 4 is 65.4 Å². The number of pyridine rings is 1. The molecule has 0 unspecified atom stereocenters. The summed E-state index contributed by atoms with van der Waals surface area (Å²) >= 11 is 4.65. The van der Waals surface area contributed by atoms with E-state index in [0.717, 1.165) is 53.0 Å². The van der Waals surface area contributed by atoms with Gasteiger partial charge in [-0.3, -0.25) is 0 Å². The first-order valence-electron chi connectivity index (χ1n) is 8.40. The summed E-state index contributed by atoms with van der Waals surface area (Å²) < 4.78 is 28.2. The topological polar surface area (TPSA) is 62.3 Å². The van der Waals surface area contributed by atoms with Gasteiger partial charge in [-0.25, -0.2) is 13.4 Å². The Kier molecular flexibility index (Phi) is 6.43. The molecule has 3 aromatic rings. The van der Waals surface area contributed by atoms with Gasteiger partial charge in [0.25, 0.3) is 0 Å². The molecule has 0 saturated carbocycles. The van der Waals surface area contributed by atoms with E-state index in [2.05, 4.69) is 31.1 Å². The number of benzene rings is 1. The number of hydrogen-bond donors (Lipinski definition) is 1. The maximum atomic E-state index is 13.0. The molecule has 1 aliphatic rings. The number of halogens is 2. The van der Waals surface area contributed by atoms with Crippen LogP contribution in [0.15, 0.2) is 56.2 Å². The van der Waals surface area contributed by atoms with Crippen LogP contribution >= 0.6 is 39.7 Å². The van der Waals surface area contributed by atoms with E-state index < -0.39 is 9.84 Å². The predicted molar refractivity (Wildman–Crippen MR) is 116 cm³/mol. The molecular weight excluding hydrogens is 470 g/mol. The number of anilines is 1. The Balaban J connectivity index is 0.00000210. The number of aromatic nitrogens is 1. The van der Waals surface area contributed by atoms with Crippen LogP contribution < -0.4 is 10.2 Å². The first-order chi connectivity index (χ1) is 12.6. The SMILES string of the molecule is Cl.O=S(=O)(c1ccc(Br)cc1)c1cc2c(N3CCCNCC3)nccc2s1. The minimum Gasteiger partial charge on any atom is -0.355 e. The standard InChI is InChI=1S/C18H18BrN3O2S2.ClH/c19-13-2-4-14(5-3-13)26(23,24)17-12-15-16(25-17)6-8-21-18(15)22-10-1-7-20-9-11-22;/h2-6,8,12,20H,1,7,9-11H2;1H. The van der Waals surface area contributed by atoms with Crippen LogP contribution in [-0.2, 0) is 9.84 Å². The first kappa shape index (κ1) is 20.5. The van der Waals surface area contributed by atoms with E-state index in [9.17, 15) is 8.42 Å². The van der Waals surface area contributed by atoms with Gasteiger partial charge in [0.15, 0.2) is 0 Å². The highest BCUT2D eigenvalue weighted by atomic mass is 79.9. The van der Waals surface area contributed by atoms with Crippen LogP contribution in [0.1, 0.15) is 6.42 Å². The fourth-order valence-corrected chi connectivity index (χ4v) is 6.14. The van der Waals surface area contributed by atoms with Crippen molar-refractivity contribution in [3.8, 4) is 0 Å². The second-order valence-electron chi connectivity index (χ2n) is 6.16. The lowest BCUT2D eigenvalue weighted by molar-refractivity contribution is 0.598. The van der Waals surface area contributed by atoms with Crippen molar-refractivity contribution in [2.45, 2.75) is 15.5 Å². The van der Waals surface area contributed by atoms with Crippen molar-refractivity contribution in [3.05, 3.63) is 47.1 Å². The minimum atomic E-state index is -3.53. The Hall–Kier alpha value is -1.19. The zero-order valence-corrected chi connectivity index (χ0v) is 18.4. The Morgan fingerprint density at radius 2 is 1.89 bits per heavy atom. The second kappa shape index (κ2) is 8.45. The lowest BCUT2D eigenvalue weighted by atomic mass is 10.3. The first-order valence-corrected chi connectivity index (χ1v) is 11.5. The van der Waals surface area contributed by atoms with Crippen LogP contribution in [0.4, 0.5) is 5.82 Å². The molecule has 2 aromatic heterocycles. The third-order valence-electron chi connectivity index (χ3n) is 4.43. The fraction of sp³-hybridized carbons (Fsp3) is 0.278. The zero-order chi connectivity index (χ0) is 18.1. The van der Waals surface area contributed by atoms with Crippen LogP contribution in [0.2, 0.25) is 0 Å². The quantitative estimate of drug-likeness (QED) is 0.601. The molecule has 0 radical (unpaired) electrons. The highest BCUT2D eigenvalue weighted by molar-refractivity contribution is 9.10. The van der Waals surface area contributed by atoms with Crippen molar-refractivity contribution in [2.24, 2.45) is 0 Å². The molecule has 3 heterocycles. The van der Waals surface area contributed by atoms with Crippen molar-refractivity contribution in [1.82, 2.24) is 10.3 Å². The number of sulfone groups is 1. The molecule has 0 spiro atoms. The number of thiophene rings is 1. The van der Waals surface area contributed by atoms with Crippen molar-refractivity contribution in [2.75, 3.05) is 31.1 Å². The van der Waals surface area contributed by atoms with Crippen LogP contribution in [-0.4, -0.2) is 39.6 Å². The molecule has 1 saturated heterocycles. The maximum absolute atomic E-state index is 13.0. The molecule has 9 heteroatoms. The Morgan fingerprint density at radius 1 is 1.11 bits per heavy atom. The van der Waals surface area contributed by atoms with E-state index in [4.69, 9.17) is 0 Å². The van der Waals surface area contributed by atoms with Crippen molar-refractivity contribution in [3.63, 3.8) is 0 Å². The van der Waals surface area contributed by atoms with Crippen LogP contribution in [0.3, 0.4) is 0 Å². The van der Waals surface area contributed by atoms with Gasteiger partial charge in [-0.2, -0.15) is 0 Å². The van der Waals surface area contributed by atoms with Gasteiger partial charge in [0.2, 0.25) is 9.84 Å². The Labute approximate surface area is 177 Å². The summed E-state index contributed by atoms with van der Waals surface area (Å²) in [6.07, 6.45) is 2.81. The number of nitrogens with one attached hydrogen (secondary N) is 1. The van der Waals surface area contributed by atoms with Gasteiger partial charge in [-0.05, 0) is 49.4 Å². The summed E-state index contributed by atoms with van der Waals surface area (Å²) in [6.45, 7) is 3.70. The number of hydrogen-bond acceptors (Lipinski definition) is 6. The Morgan fingerprint density at radius 3 is 2.67 bits per heavy atom. The smallest absolute Gasteiger partial charge is 0.215 e. The van der Waals surface area contributed by atoms with E-state index in [1.54, 1.807) is 36.5 Å². The van der Waals surface area contributed by atoms with E-state index in [1.165, 1.54) is 11.3 Å². The highest BCUT2D eigenvalue weighted by Crippen LogP contribution is 2.36. The van der Waals surface area contributed by atoms with Gasteiger partial charge >= 0.3 is 0 Å². The molecule has 1 N–H and O–H groups in total. The van der Waals surface area contributed by atoms with Gasteiger partial charge < -0.3 is 10.2 Å². The molecule has 144 valence electrons. The normalized spacial score (nSPS) is 15.4. The third-order valence-corrected chi connectivity index (χ3v) is 8.30. The average molecular weight is 489 g/mol. The number of rotatable bonds is 3. The van der Waals surface area contributed by atoms with Crippen LogP contribution in [0.5, 0.6) is 0 Å². The van der Waals surface area contributed by atoms with E-state index in [-0.39, 0.29) is 12.4 Å². The number of nitrogens with zero attached hydrogens (tertiary/aromatic N) is 2. The van der Waals surface area contributed by atoms with Gasteiger partial charge in [-0.1, -0.05) is 15.9 Å². The summed E-state index contributed by atoms with van der Waals surface area (Å²) in [5, 5.41) is 4.30. The fourth-order valence-electron chi connectivity index (χ4n) is 3.10. The molecule has 0 bridgehead atoms. The summed E-state index contributed by atoms with van der Waals surface area (Å²) in [6, 6.07) is 10.4. The number of fused-ring (bicyclic) bond motifs is 1. The Bertz CT molecular complexity index is 1030. The lowest BCUT2D eigenvalue weighted by Crippen LogP contribution is -2.28. The van der Waals surface area contributed by atoms with Crippen molar-refractivity contribution < 1.29 is 8.42 Å². The molecule has 1 aromatic carbocycles. The second-order valence-corrected chi connectivity index (χ2v) is 10.3. The molecule has 0 amide bonds. The molecule has 5 nitrogen and oxygen atoms in total. The summed E-state index contributed by atoms with van der Waals surface area (Å²) in [7, 11) is -3.53. The van der Waals surface area contributed by atoms with Crippen LogP contribution in [0.25, 0.3) is 10.1 Å². The maximum Gasteiger partial charge on any atom is 0.215 e. The van der Waals surface area contributed by atoms with Gasteiger partial charge in [0, 0.05) is 40.4 Å². The monoisotopic (exact) mass is 487 g/mol. The third kappa shape index (κ3) is 4.14. The molecule has 1 fully saturated rings. The van der Waals surface area contributed by atoms with Gasteiger partial charge in [0.05, 0.1) is 4.90 Å². The van der Waals surface area contributed by atoms with E-state index in [0.29, 0.717) is 9.10 Å². The van der Waals surface area contributed by atoms with Gasteiger partial charge in [-0.15, -0.1) is 23.7 Å².